The van der Waals surface area contributed by atoms with Gasteiger partial charge in [0, 0.05) is 5.92 Å². The van der Waals surface area contributed by atoms with Gasteiger partial charge in [-0.1, -0.05) is 71.5 Å². The minimum atomic E-state index is -1.30. The highest BCUT2D eigenvalue weighted by Crippen LogP contribution is 2.44. The molecule has 0 fully saturated rings. The van der Waals surface area contributed by atoms with Gasteiger partial charge in [0.25, 0.3) is 0 Å². The van der Waals surface area contributed by atoms with E-state index in [0.29, 0.717) is 0 Å². The van der Waals surface area contributed by atoms with Crippen molar-refractivity contribution in [1.29, 1.82) is 0 Å². The largest absolute Gasteiger partial charge is 0.479 e. The average Bonchev–Trinajstić information content (AvgIpc) is 3.08. The second kappa shape index (κ2) is 18.0. The van der Waals surface area contributed by atoms with Crippen LogP contribution in [-0.2, 0) is 19.1 Å². The third-order valence-electron chi connectivity index (χ3n) is 5.09. The molecule has 2 rings (SSSR count). The van der Waals surface area contributed by atoms with Gasteiger partial charge in [0.15, 0.2) is 6.10 Å². The van der Waals surface area contributed by atoms with Crippen molar-refractivity contribution < 1.29 is 29.0 Å². The van der Waals surface area contributed by atoms with Crippen molar-refractivity contribution in [3.63, 3.8) is 0 Å². The molecule has 7 nitrogen and oxygen atoms in total. The number of aliphatic carboxylic acids is 1. The predicted molar refractivity (Wildman–Crippen MR) is 142 cm³/mol. The van der Waals surface area contributed by atoms with Crippen molar-refractivity contribution >= 4 is 23.6 Å². The summed E-state index contributed by atoms with van der Waals surface area (Å²) in [5.74, 6) is -2.24. The quantitative estimate of drug-likeness (QED) is 0.348. The Morgan fingerprint density at radius 2 is 1.66 bits per heavy atom. The lowest BCUT2D eigenvalue weighted by atomic mass is 9.94. The Morgan fingerprint density at radius 1 is 1.14 bits per heavy atom. The minimum Gasteiger partial charge on any atom is -0.479 e. The van der Waals surface area contributed by atoms with Crippen molar-refractivity contribution in [2.24, 2.45) is 11.8 Å². The summed E-state index contributed by atoms with van der Waals surface area (Å²) in [5, 5.41) is 11.4. The summed E-state index contributed by atoms with van der Waals surface area (Å²) in [7, 11) is 0. The maximum atomic E-state index is 12.3. The van der Waals surface area contributed by atoms with Crippen LogP contribution in [0, 0.1) is 11.8 Å². The molecule has 0 heterocycles. The van der Waals surface area contributed by atoms with Crippen LogP contribution in [0.15, 0.2) is 56.7 Å². The molecule has 1 aromatic rings. The van der Waals surface area contributed by atoms with Gasteiger partial charge < -0.3 is 19.9 Å². The van der Waals surface area contributed by atoms with E-state index in [1.165, 1.54) is 6.92 Å². The van der Waals surface area contributed by atoms with Crippen LogP contribution in [0.3, 0.4) is 0 Å². The molecule has 0 radical (unpaired) electrons. The molecule has 0 aromatic heterocycles. The number of hydrogen-bond donors (Lipinski definition) is 2. The molecular formula is C28H43NO6. The van der Waals surface area contributed by atoms with Crippen LogP contribution in [-0.4, -0.2) is 41.9 Å². The van der Waals surface area contributed by atoms with E-state index in [2.05, 4.69) is 31.6 Å². The van der Waals surface area contributed by atoms with Crippen molar-refractivity contribution in [3.8, 4) is 0 Å². The fraction of sp³-hybridized carbons (Fsp3) is 0.464. The summed E-state index contributed by atoms with van der Waals surface area (Å²) < 4.78 is 10.2. The fourth-order valence-electron chi connectivity index (χ4n) is 3.23. The van der Waals surface area contributed by atoms with Crippen LogP contribution < -0.4 is 5.32 Å². The van der Waals surface area contributed by atoms with Gasteiger partial charge in [-0.25, -0.2) is 14.4 Å². The number of ether oxygens (including phenoxy) is 2. The normalized spacial score (nSPS) is 16.9. The number of alkyl carbamates (subject to hydrolysis) is 1. The second-order valence-corrected chi connectivity index (χ2v) is 7.80. The summed E-state index contributed by atoms with van der Waals surface area (Å²) in [6.45, 7) is 26.3. The van der Waals surface area contributed by atoms with Gasteiger partial charge in [-0.3, -0.25) is 0 Å². The Hall–Kier alpha value is -3.35. The van der Waals surface area contributed by atoms with Gasteiger partial charge in [-0.15, -0.1) is 19.7 Å². The van der Waals surface area contributed by atoms with Crippen LogP contribution >= 0.6 is 0 Å². The minimum absolute atomic E-state index is 0.00839. The number of allylic oxidation sites excluding steroid dienone is 2. The first-order valence-electron chi connectivity index (χ1n) is 11.8. The van der Waals surface area contributed by atoms with E-state index in [1.54, 1.807) is 19.9 Å². The maximum absolute atomic E-state index is 12.3. The molecule has 1 aromatic carbocycles. The van der Waals surface area contributed by atoms with Gasteiger partial charge in [0.1, 0.15) is 12.6 Å². The Morgan fingerprint density at radius 3 is 2.14 bits per heavy atom. The lowest BCUT2D eigenvalue weighted by molar-refractivity contribution is -0.164. The number of esters is 1. The van der Waals surface area contributed by atoms with Crippen LogP contribution in [0.4, 0.5) is 4.79 Å². The smallest absolute Gasteiger partial charge is 0.407 e. The monoisotopic (exact) mass is 489 g/mol. The Bertz CT molecular complexity index is 832. The van der Waals surface area contributed by atoms with E-state index < -0.39 is 30.2 Å². The number of carboxylic acids is 1. The first-order valence-corrected chi connectivity index (χ1v) is 11.8. The van der Waals surface area contributed by atoms with E-state index in [-0.39, 0.29) is 24.4 Å². The Labute approximate surface area is 210 Å². The standard InChI is InChI=1S/C21H27NO6.C3H6.C2H6.C2H4/c1-11(2)18(20(25)28-14(5)19(23)24)22-21(26)27-10-17-13(4)12(3)15-8-6-7-9-16(15)17;1-3-2;2*1-2/h6-9,11,13-14,17-18H,3,10H2,1-2,4-5H3,(H,22,26)(H,23,24);3H,1H2,2H3;1-2H3;1-2H2. The predicted octanol–water partition coefficient (Wildman–Crippen LogP) is 6.22. The summed E-state index contributed by atoms with van der Waals surface area (Å²) in [4.78, 5) is 35.3. The third kappa shape index (κ3) is 10.6. The van der Waals surface area contributed by atoms with E-state index >= 15 is 0 Å². The van der Waals surface area contributed by atoms with E-state index in [0.717, 1.165) is 16.7 Å². The van der Waals surface area contributed by atoms with Crippen LogP contribution in [0.2, 0.25) is 0 Å². The molecule has 4 atom stereocenters. The summed E-state index contributed by atoms with van der Waals surface area (Å²) in [5.41, 5.74) is 3.18. The molecule has 7 heteroatoms. The first-order chi connectivity index (χ1) is 16.5. The lowest BCUT2D eigenvalue weighted by Gasteiger charge is -2.23. The topological polar surface area (TPSA) is 102 Å². The number of benzene rings is 1. The van der Waals surface area contributed by atoms with Crippen LogP contribution in [0.25, 0.3) is 5.57 Å². The number of amides is 1. The molecule has 4 unspecified atom stereocenters. The molecule has 2 N–H and O–H groups in total. The Kier molecular flexibility index (Phi) is 17.4. The number of carbonyl (C=O) groups excluding carboxylic acids is 2. The van der Waals surface area contributed by atoms with E-state index in [9.17, 15) is 14.4 Å². The van der Waals surface area contributed by atoms with Crippen molar-refractivity contribution in [2.45, 2.75) is 66.5 Å². The average molecular weight is 490 g/mol. The lowest BCUT2D eigenvalue weighted by Crippen LogP contribution is -2.47. The zero-order valence-electron chi connectivity index (χ0n) is 22.3. The molecule has 1 aliphatic carbocycles. The number of fused-ring (bicyclic) bond motifs is 1. The van der Waals surface area contributed by atoms with Crippen LogP contribution in [0.1, 0.15) is 65.5 Å². The fourth-order valence-corrected chi connectivity index (χ4v) is 3.23. The summed E-state index contributed by atoms with van der Waals surface area (Å²) >= 11 is 0. The highest BCUT2D eigenvalue weighted by Gasteiger charge is 2.34. The molecular weight excluding hydrogens is 446 g/mol. The molecule has 0 aliphatic heterocycles. The molecule has 35 heavy (non-hydrogen) atoms. The van der Waals surface area contributed by atoms with Crippen molar-refractivity contribution in [3.05, 3.63) is 67.8 Å². The third-order valence-corrected chi connectivity index (χ3v) is 5.09. The van der Waals surface area contributed by atoms with E-state index in [1.807, 2.05) is 52.0 Å². The van der Waals surface area contributed by atoms with Gasteiger partial charge >= 0.3 is 18.0 Å². The highest BCUT2D eigenvalue weighted by molar-refractivity contribution is 5.84. The van der Waals surface area contributed by atoms with Gasteiger partial charge in [0.2, 0.25) is 0 Å². The number of hydrogen-bond acceptors (Lipinski definition) is 5. The summed E-state index contributed by atoms with van der Waals surface area (Å²) in [6.07, 6.45) is -0.297. The Balaban J connectivity index is 0. The number of carbonyl (C=O) groups is 3. The van der Waals surface area contributed by atoms with Gasteiger partial charge in [0.05, 0.1) is 0 Å². The zero-order valence-corrected chi connectivity index (χ0v) is 22.3. The highest BCUT2D eigenvalue weighted by atomic mass is 16.6. The zero-order chi connectivity index (χ0) is 27.7. The molecule has 1 aliphatic rings. The second-order valence-electron chi connectivity index (χ2n) is 7.80. The summed E-state index contributed by atoms with van der Waals surface area (Å²) in [6, 6.07) is 6.88. The van der Waals surface area contributed by atoms with Gasteiger partial charge in [-0.05, 0) is 42.4 Å². The van der Waals surface area contributed by atoms with Gasteiger partial charge in [-0.2, -0.15) is 0 Å². The molecule has 0 bridgehead atoms. The maximum Gasteiger partial charge on any atom is 0.407 e. The van der Waals surface area contributed by atoms with Crippen LogP contribution in [0.5, 0.6) is 0 Å². The number of rotatable bonds is 7. The first kappa shape index (κ1) is 33.8. The van der Waals surface area contributed by atoms with Crippen molar-refractivity contribution in [2.75, 3.05) is 6.61 Å². The van der Waals surface area contributed by atoms with E-state index in [4.69, 9.17) is 14.6 Å². The van der Waals surface area contributed by atoms with Crippen molar-refractivity contribution in [1.82, 2.24) is 5.32 Å². The molecule has 196 valence electrons. The molecule has 0 saturated heterocycles. The molecule has 0 spiro atoms. The molecule has 1 amide bonds. The number of nitrogens with one attached hydrogen (secondary N) is 1. The SMILES string of the molecule is C=C.C=C1c2ccccc2C(COC(=O)NC(C(=O)OC(C)C(=O)O)C(C)C)C1C.C=CC.CC. The number of carboxylic acid groups (broad SMARTS) is 1. The molecule has 0 saturated carbocycles.